The summed E-state index contributed by atoms with van der Waals surface area (Å²) in [6, 6.07) is 8.26. The number of carbonyl (C=O) groups is 1. The van der Waals surface area contributed by atoms with Gasteiger partial charge < -0.3 is 25.4 Å². The van der Waals surface area contributed by atoms with Gasteiger partial charge in [0.2, 0.25) is 5.91 Å². The molecule has 0 aromatic heterocycles. The second-order valence-corrected chi connectivity index (χ2v) is 8.74. The highest BCUT2D eigenvalue weighted by Gasteiger charge is 2.22. The molecule has 0 heterocycles. The molecule has 1 aromatic carbocycles. The third kappa shape index (κ3) is 13.8. The van der Waals surface area contributed by atoms with Crippen LogP contribution < -0.4 is 20.7 Å². The predicted molar refractivity (Wildman–Crippen MR) is 142 cm³/mol. The zero-order chi connectivity index (χ0) is 22.5. The first-order chi connectivity index (χ1) is 14.9. The van der Waals surface area contributed by atoms with E-state index >= 15 is 0 Å². The fourth-order valence-electron chi connectivity index (χ4n) is 2.82. The summed E-state index contributed by atoms with van der Waals surface area (Å²) in [5.41, 5.74) is 0.935. The lowest BCUT2D eigenvalue weighted by molar-refractivity contribution is -0.121. The molecule has 0 saturated heterocycles. The van der Waals surface area contributed by atoms with E-state index in [-0.39, 0.29) is 36.0 Å². The van der Waals surface area contributed by atoms with Crippen molar-refractivity contribution in [2.45, 2.75) is 71.9 Å². The predicted octanol–water partition coefficient (Wildman–Crippen LogP) is 4.57. The van der Waals surface area contributed by atoms with Crippen molar-refractivity contribution in [1.82, 2.24) is 10.6 Å². The van der Waals surface area contributed by atoms with Gasteiger partial charge in [0.25, 0.3) is 0 Å². The minimum absolute atomic E-state index is 0. The van der Waals surface area contributed by atoms with Crippen LogP contribution in [0.4, 0.5) is 5.69 Å². The maximum absolute atomic E-state index is 11.8. The van der Waals surface area contributed by atoms with E-state index in [1.165, 1.54) is 0 Å². The number of ether oxygens (including phenoxy) is 2. The van der Waals surface area contributed by atoms with Crippen molar-refractivity contribution < 1.29 is 14.3 Å². The summed E-state index contributed by atoms with van der Waals surface area (Å²) in [4.78, 5) is 16.5. The van der Waals surface area contributed by atoms with E-state index in [2.05, 4.69) is 34.8 Å². The number of amides is 1. The Balaban J connectivity index is 0.00000512. The van der Waals surface area contributed by atoms with E-state index in [4.69, 9.17) is 9.47 Å². The Bertz CT molecular complexity index is 676. The van der Waals surface area contributed by atoms with Gasteiger partial charge in [-0.2, -0.15) is 0 Å². The molecule has 1 fully saturated rings. The highest BCUT2D eigenvalue weighted by Crippen LogP contribution is 2.19. The second-order valence-electron chi connectivity index (χ2n) is 8.74. The summed E-state index contributed by atoms with van der Waals surface area (Å²) in [7, 11) is 0. The van der Waals surface area contributed by atoms with Gasteiger partial charge in [-0.05, 0) is 69.7 Å². The van der Waals surface area contributed by atoms with Crippen LogP contribution in [0.15, 0.2) is 29.3 Å². The SMILES string of the molecule is CC(C)COCCCNC(=NCCCC(=O)NC1CC1)Nc1ccc(OC(C)C)cc1.I. The van der Waals surface area contributed by atoms with Gasteiger partial charge in [-0.15, -0.1) is 24.0 Å². The van der Waals surface area contributed by atoms with Crippen molar-refractivity contribution in [2.75, 3.05) is 31.6 Å². The Hall–Kier alpha value is -1.55. The number of aliphatic imine (C=N–C) groups is 1. The number of anilines is 1. The Morgan fingerprint density at radius 3 is 2.47 bits per heavy atom. The third-order valence-corrected chi connectivity index (χ3v) is 4.47. The number of halogens is 1. The smallest absolute Gasteiger partial charge is 0.220 e. The van der Waals surface area contributed by atoms with Crippen LogP contribution in [0.1, 0.15) is 59.8 Å². The van der Waals surface area contributed by atoms with Gasteiger partial charge in [0.15, 0.2) is 5.96 Å². The van der Waals surface area contributed by atoms with Crippen molar-refractivity contribution in [3.05, 3.63) is 24.3 Å². The summed E-state index contributed by atoms with van der Waals surface area (Å²) >= 11 is 0. The van der Waals surface area contributed by atoms with Gasteiger partial charge in [-0.3, -0.25) is 9.79 Å². The van der Waals surface area contributed by atoms with Crippen LogP contribution in [0.2, 0.25) is 0 Å². The molecular formula is C24H41IN4O3. The largest absolute Gasteiger partial charge is 0.491 e. The van der Waals surface area contributed by atoms with Gasteiger partial charge in [0.05, 0.1) is 6.10 Å². The van der Waals surface area contributed by atoms with Crippen LogP contribution >= 0.6 is 24.0 Å². The normalized spacial score (nSPS) is 13.6. The number of nitrogens with one attached hydrogen (secondary N) is 3. The molecule has 32 heavy (non-hydrogen) atoms. The molecule has 1 amide bonds. The molecule has 0 atom stereocenters. The Kier molecular flexibility index (Phi) is 14.4. The molecule has 182 valence electrons. The number of rotatable bonds is 14. The van der Waals surface area contributed by atoms with Crippen LogP contribution in [0.5, 0.6) is 5.75 Å². The molecule has 1 aromatic rings. The van der Waals surface area contributed by atoms with Crippen molar-refractivity contribution in [1.29, 1.82) is 0 Å². The molecule has 0 bridgehead atoms. The standard InChI is InChI=1S/C24H40N4O3.HI/c1-18(2)17-30-16-6-15-26-24(25-14-5-7-23(29)27-20-8-9-20)28-21-10-12-22(13-11-21)31-19(3)4;/h10-13,18-20H,5-9,14-17H2,1-4H3,(H,27,29)(H2,25,26,28);1H. The average molecular weight is 561 g/mol. The average Bonchev–Trinajstić information content (AvgIpc) is 3.52. The molecule has 0 aliphatic heterocycles. The number of benzene rings is 1. The lowest BCUT2D eigenvalue weighted by Crippen LogP contribution is -2.32. The molecule has 7 nitrogen and oxygen atoms in total. The fourth-order valence-corrected chi connectivity index (χ4v) is 2.82. The second kappa shape index (κ2) is 16.1. The van der Waals surface area contributed by atoms with E-state index < -0.39 is 0 Å². The maximum atomic E-state index is 11.8. The van der Waals surface area contributed by atoms with Crippen LogP contribution in [0.25, 0.3) is 0 Å². The van der Waals surface area contributed by atoms with E-state index in [0.29, 0.717) is 30.9 Å². The quantitative estimate of drug-likeness (QED) is 0.134. The van der Waals surface area contributed by atoms with Gasteiger partial charge in [-0.25, -0.2) is 0 Å². The fraction of sp³-hybridized carbons (Fsp3) is 0.667. The van der Waals surface area contributed by atoms with Gasteiger partial charge in [0, 0.05) is 44.5 Å². The van der Waals surface area contributed by atoms with Crippen molar-refractivity contribution in [3.8, 4) is 5.75 Å². The molecule has 0 spiro atoms. The summed E-state index contributed by atoms with van der Waals surface area (Å²) < 4.78 is 11.3. The Morgan fingerprint density at radius 1 is 1.12 bits per heavy atom. The zero-order valence-electron chi connectivity index (χ0n) is 20.0. The lowest BCUT2D eigenvalue weighted by Gasteiger charge is -2.14. The molecule has 8 heteroatoms. The van der Waals surface area contributed by atoms with Crippen molar-refractivity contribution in [2.24, 2.45) is 10.9 Å². The number of guanidine groups is 1. The van der Waals surface area contributed by atoms with E-state index in [9.17, 15) is 4.79 Å². The summed E-state index contributed by atoms with van der Waals surface area (Å²) in [5, 5.41) is 9.72. The highest BCUT2D eigenvalue weighted by atomic mass is 127. The van der Waals surface area contributed by atoms with E-state index in [1.54, 1.807) is 0 Å². The number of hydrogen-bond acceptors (Lipinski definition) is 4. The topological polar surface area (TPSA) is 84.0 Å². The van der Waals surface area contributed by atoms with Crippen molar-refractivity contribution in [3.63, 3.8) is 0 Å². The van der Waals surface area contributed by atoms with E-state index in [0.717, 1.165) is 56.9 Å². The Morgan fingerprint density at radius 2 is 1.84 bits per heavy atom. The summed E-state index contributed by atoms with van der Waals surface area (Å²) in [6.07, 6.45) is 4.51. The van der Waals surface area contributed by atoms with Crippen LogP contribution in [-0.4, -0.2) is 50.3 Å². The third-order valence-electron chi connectivity index (χ3n) is 4.47. The first-order valence-corrected chi connectivity index (χ1v) is 11.6. The number of hydrogen-bond donors (Lipinski definition) is 3. The first-order valence-electron chi connectivity index (χ1n) is 11.6. The molecule has 1 aliphatic carbocycles. The summed E-state index contributed by atoms with van der Waals surface area (Å²) in [5.74, 6) is 2.23. The minimum atomic E-state index is 0. The molecule has 0 unspecified atom stereocenters. The molecular weight excluding hydrogens is 519 g/mol. The van der Waals surface area contributed by atoms with Crippen LogP contribution in [0.3, 0.4) is 0 Å². The molecule has 0 radical (unpaired) electrons. The van der Waals surface area contributed by atoms with Crippen LogP contribution in [-0.2, 0) is 9.53 Å². The minimum Gasteiger partial charge on any atom is -0.491 e. The van der Waals surface area contributed by atoms with E-state index in [1.807, 2.05) is 38.1 Å². The van der Waals surface area contributed by atoms with Crippen molar-refractivity contribution >= 4 is 41.5 Å². The summed E-state index contributed by atoms with van der Waals surface area (Å²) in [6.45, 7) is 11.2. The highest BCUT2D eigenvalue weighted by molar-refractivity contribution is 14.0. The van der Waals surface area contributed by atoms with Gasteiger partial charge in [0.1, 0.15) is 5.75 Å². The van der Waals surface area contributed by atoms with Gasteiger partial charge >= 0.3 is 0 Å². The number of carbonyl (C=O) groups excluding carboxylic acids is 1. The number of nitrogens with zero attached hydrogens (tertiary/aromatic N) is 1. The first kappa shape index (κ1) is 28.5. The molecule has 3 N–H and O–H groups in total. The molecule has 1 aliphatic rings. The maximum Gasteiger partial charge on any atom is 0.220 e. The zero-order valence-corrected chi connectivity index (χ0v) is 22.3. The lowest BCUT2D eigenvalue weighted by atomic mass is 10.2. The molecule has 1 saturated carbocycles. The monoisotopic (exact) mass is 560 g/mol. The van der Waals surface area contributed by atoms with Gasteiger partial charge in [-0.1, -0.05) is 13.8 Å². The molecule has 2 rings (SSSR count). The Labute approximate surface area is 210 Å². The van der Waals surface area contributed by atoms with Crippen LogP contribution in [0, 0.1) is 5.92 Å².